The van der Waals surface area contributed by atoms with E-state index in [1.807, 2.05) is 22.7 Å². The lowest BCUT2D eigenvalue weighted by atomic mass is 10.2. The zero-order valence-electron chi connectivity index (χ0n) is 5.62. The molecule has 0 saturated carbocycles. The fourth-order valence-corrected chi connectivity index (χ4v) is 2.69. The van der Waals surface area contributed by atoms with Gasteiger partial charge in [0.05, 0.1) is 11.8 Å². The summed E-state index contributed by atoms with van der Waals surface area (Å²) in [5.41, 5.74) is 0. The van der Waals surface area contributed by atoms with Crippen LogP contribution in [-0.4, -0.2) is 28.0 Å². The molecule has 2 atom stereocenters. The zero-order chi connectivity index (χ0) is 7.14. The second kappa shape index (κ2) is 2.02. The largest absolute Gasteiger partial charge is 0.329 e. The van der Waals surface area contributed by atoms with Crippen LogP contribution in [0.1, 0.15) is 6.42 Å². The molecule has 2 fully saturated rings. The Kier molecular flexibility index (Phi) is 1.27. The van der Waals surface area contributed by atoms with Crippen molar-refractivity contribution in [1.82, 2.24) is 4.90 Å². The lowest BCUT2D eigenvalue weighted by Crippen LogP contribution is -2.47. The van der Waals surface area contributed by atoms with Crippen molar-refractivity contribution in [3.63, 3.8) is 0 Å². The number of nitrogens with zero attached hydrogens (tertiary/aromatic N) is 1. The van der Waals surface area contributed by atoms with Gasteiger partial charge in [-0.15, -0.1) is 18.3 Å². The molecule has 0 aromatic heterocycles. The molecule has 2 saturated heterocycles. The van der Waals surface area contributed by atoms with Gasteiger partial charge in [-0.2, -0.15) is 0 Å². The molecular weight excluding hydrogens is 146 g/mol. The Balaban J connectivity index is 2.05. The predicted molar refractivity (Wildman–Crippen MR) is 41.7 cm³/mol. The first-order valence-electron chi connectivity index (χ1n) is 3.39. The van der Waals surface area contributed by atoms with Crippen LogP contribution in [-0.2, 0) is 4.79 Å². The van der Waals surface area contributed by atoms with Crippen LogP contribution in [0.5, 0.6) is 0 Å². The first-order valence-corrected chi connectivity index (χ1v) is 4.33. The number of carbonyl (C=O) groups is 1. The van der Waals surface area contributed by atoms with Gasteiger partial charge in [-0.3, -0.25) is 4.79 Å². The Bertz CT molecular complexity index is 192. The number of thioether (sulfide) groups is 1. The maximum Gasteiger partial charge on any atom is 0.226 e. The van der Waals surface area contributed by atoms with Crippen LogP contribution in [0.4, 0.5) is 0 Å². The van der Waals surface area contributed by atoms with E-state index in [0.29, 0.717) is 16.5 Å². The minimum Gasteiger partial charge on any atom is -0.329 e. The van der Waals surface area contributed by atoms with Gasteiger partial charge in [0, 0.05) is 11.8 Å². The molecule has 0 bridgehead atoms. The highest BCUT2D eigenvalue weighted by atomic mass is 32.2. The third-order valence-electron chi connectivity index (χ3n) is 1.99. The number of fused-ring (bicyclic) bond motifs is 1. The highest BCUT2D eigenvalue weighted by Crippen LogP contribution is 2.39. The molecule has 0 aromatic carbocycles. The summed E-state index contributed by atoms with van der Waals surface area (Å²) in [5.74, 6) is 0.307. The number of carbonyl (C=O) groups excluding carboxylic acids is 1. The van der Waals surface area contributed by atoms with Gasteiger partial charge in [0.15, 0.2) is 0 Å². The van der Waals surface area contributed by atoms with Gasteiger partial charge in [0.25, 0.3) is 0 Å². The van der Waals surface area contributed by atoms with Gasteiger partial charge in [0.2, 0.25) is 5.91 Å². The molecule has 0 unspecified atom stereocenters. The number of hydrogen-bond acceptors (Lipinski definition) is 2. The fraction of sp³-hybridized carbons (Fsp3) is 0.571. The molecule has 3 heteroatoms. The van der Waals surface area contributed by atoms with Crippen LogP contribution in [0.15, 0.2) is 12.7 Å². The average molecular weight is 155 g/mol. The van der Waals surface area contributed by atoms with Crippen molar-refractivity contribution in [2.75, 3.05) is 6.54 Å². The molecule has 0 spiro atoms. The summed E-state index contributed by atoms with van der Waals surface area (Å²) < 4.78 is 0. The summed E-state index contributed by atoms with van der Waals surface area (Å²) in [5, 5.41) is 0.965. The van der Waals surface area contributed by atoms with Crippen molar-refractivity contribution in [2.24, 2.45) is 0 Å². The van der Waals surface area contributed by atoms with Crippen molar-refractivity contribution in [2.45, 2.75) is 17.0 Å². The molecule has 0 radical (unpaired) electrons. The smallest absolute Gasteiger partial charge is 0.226 e. The number of amides is 1. The molecule has 2 aliphatic heterocycles. The van der Waals surface area contributed by atoms with Crippen LogP contribution in [0.2, 0.25) is 0 Å². The van der Waals surface area contributed by atoms with E-state index >= 15 is 0 Å². The van der Waals surface area contributed by atoms with Crippen molar-refractivity contribution in [3.05, 3.63) is 12.7 Å². The summed E-state index contributed by atoms with van der Waals surface area (Å²) in [6, 6.07) is 0. The van der Waals surface area contributed by atoms with Gasteiger partial charge in [-0.1, -0.05) is 6.08 Å². The number of hydrogen-bond donors (Lipinski definition) is 0. The van der Waals surface area contributed by atoms with Crippen molar-refractivity contribution in [1.29, 1.82) is 0 Å². The summed E-state index contributed by atoms with van der Waals surface area (Å²) in [7, 11) is 0. The summed E-state index contributed by atoms with van der Waals surface area (Å²) in [6.45, 7) is 4.59. The molecule has 2 aliphatic rings. The molecule has 0 aromatic rings. The Morgan fingerprint density at radius 2 is 2.60 bits per heavy atom. The monoisotopic (exact) mass is 155 g/mol. The summed E-state index contributed by atoms with van der Waals surface area (Å²) in [6.07, 6.45) is 2.67. The summed E-state index contributed by atoms with van der Waals surface area (Å²) >= 11 is 1.85. The Morgan fingerprint density at radius 1 is 1.80 bits per heavy atom. The highest BCUT2D eigenvalue weighted by Gasteiger charge is 2.43. The Hall–Kier alpha value is -0.440. The minimum atomic E-state index is 0.307. The van der Waals surface area contributed by atoms with Crippen molar-refractivity contribution in [3.8, 4) is 0 Å². The van der Waals surface area contributed by atoms with Crippen LogP contribution >= 0.6 is 11.8 Å². The zero-order valence-corrected chi connectivity index (χ0v) is 6.43. The predicted octanol–water partition coefficient (Wildman–Crippen LogP) is 0.846. The molecule has 1 amide bonds. The lowest BCUT2D eigenvalue weighted by molar-refractivity contribution is -0.140. The van der Waals surface area contributed by atoms with E-state index in [9.17, 15) is 4.79 Å². The number of β-lactam (4-membered cyclic amide) rings is 1. The maximum absolute atomic E-state index is 10.9. The second-order valence-electron chi connectivity index (χ2n) is 2.62. The van der Waals surface area contributed by atoms with Gasteiger partial charge in [0.1, 0.15) is 0 Å². The van der Waals surface area contributed by atoms with Gasteiger partial charge >= 0.3 is 0 Å². The molecule has 10 heavy (non-hydrogen) atoms. The molecule has 2 rings (SSSR count). The van der Waals surface area contributed by atoms with Crippen molar-refractivity contribution < 1.29 is 4.79 Å². The van der Waals surface area contributed by atoms with E-state index < -0.39 is 0 Å². The average Bonchev–Trinajstić information content (AvgIpc) is 2.26. The van der Waals surface area contributed by atoms with Crippen molar-refractivity contribution >= 4 is 17.7 Å². The van der Waals surface area contributed by atoms with E-state index in [-0.39, 0.29) is 0 Å². The third-order valence-corrected chi connectivity index (χ3v) is 3.42. The topological polar surface area (TPSA) is 20.3 Å². The minimum absolute atomic E-state index is 0.307. The summed E-state index contributed by atoms with van der Waals surface area (Å²) in [4.78, 5) is 12.8. The standard InChI is InChI=1S/C7H9NOS/c1-2-5-4-8-6(9)3-7(8)10-5/h2,5,7H,1,3-4H2/t5-,7+/m1/s1. The van der Waals surface area contributed by atoms with Gasteiger partial charge in [-0.25, -0.2) is 0 Å². The molecule has 0 N–H and O–H groups in total. The number of rotatable bonds is 1. The van der Waals surface area contributed by atoms with E-state index in [1.54, 1.807) is 0 Å². The SMILES string of the molecule is C=C[C@@H]1CN2C(=O)C[C@@H]2S1. The fourth-order valence-electron chi connectivity index (χ4n) is 1.33. The van der Waals surface area contributed by atoms with E-state index in [1.165, 1.54) is 0 Å². The molecule has 54 valence electrons. The van der Waals surface area contributed by atoms with E-state index in [0.717, 1.165) is 13.0 Å². The molecule has 2 heterocycles. The molecule has 0 aliphatic carbocycles. The van der Waals surface area contributed by atoms with Gasteiger partial charge < -0.3 is 4.90 Å². The highest BCUT2D eigenvalue weighted by molar-refractivity contribution is 8.01. The van der Waals surface area contributed by atoms with E-state index in [4.69, 9.17) is 0 Å². The maximum atomic E-state index is 10.9. The Morgan fingerprint density at radius 3 is 3.10 bits per heavy atom. The third kappa shape index (κ3) is 0.700. The molecule has 2 nitrogen and oxygen atoms in total. The second-order valence-corrected chi connectivity index (χ2v) is 4.04. The quantitative estimate of drug-likeness (QED) is 0.413. The van der Waals surface area contributed by atoms with Crippen LogP contribution in [0, 0.1) is 0 Å². The van der Waals surface area contributed by atoms with Gasteiger partial charge in [-0.05, 0) is 0 Å². The molecular formula is C7H9NOS. The normalized spacial score (nSPS) is 37.2. The first-order chi connectivity index (χ1) is 4.81. The lowest BCUT2D eigenvalue weighted by Gasteiger charge is -2.32. The first kappa shape index (κ1) is 6.28. The van der Waals surface area contributed by atoms with Crippen LogP contribution in [0.3, 0.4) is 0 Å². The van der Waals surface area contributed by atoms with Crippen LogP contribution in [0.25, 0.3) is 0 Å². The Labute approximate surface area is 64.3 Å². The van der Waals surface area contributed by atoms with Crippen LogP contribution < -0.4 is 0 Å². The van der Waals surface area contributed by atoms with E-state index in [2.05, 4.69) is 6.58 Å².